The Labute approximate surface area is 147 Å². The summed E-state index contributed by atoms with van der Waals surface area (Å²) in [6.45, 7) is 0. The van der Waals surface area contributed by atoms with Crippen molar-refractivity contribution < 1.29 is 14.3 Å². The Bertz CT molecular complexity index is 853. The number of carbonyl (C=O) groups excluding carboxylic acids is 2. The number of hydrogen-bond donors (Lipinski definition) is 3. The molecule has 0 aliphatic heterocycles. The predicted octanol–water partition coefficient (Wildman–Crippen LogP) is 4.29. The number of thiazole rings is 1. The molecule has 1 heterocycles. The molecule has 1 aromatic heterocycles. The molecule has 3 N–H and O–H groups in total. The van der Waals surface area contributed by atoms with Crippen molar-refractivity contribution in [3.8, 4) is 11.5 Å². The third kappa shape index (κ3) is 4.79. The maximum Gasteiger partial charge on any atom is 0.329 e. The molecule has 0 saturated carbocycles. The highest BCUT2D eigenvalue weighted by molar-refractivity contribution is 7.13. The van der Waals surface area contributed by atoms with Gasteiger partial charge in [0.15, 0.2) is 10.9 Å². The fraction of sp³-hybridized carbons (Fsp3) is 0. The van der Waals surface area contributed by atoms with Gasteiger partial charge < -0.3 is 10.1 Å². The van der Waals surface area contributed by atoms with Crippen LogP contribution in [0.25, 0.3) is 0 Å². The van der Waals surface area contributed by atoms with Crippen LogP contribution in [0.5, 0.6) is 11.5 Å². The molecule has 0 bridgehead atoms. The Morgan fingerprint density at radius 3 is 2.40 bits per heavy atom. The van der Waals surface area contributed by atoms with Crippen molar-refractivity contribution in [2.75, 3.05) is 10.6 Å². The molecule has 0 spiro atoms. The minimum Gasteiger partial charge on any atom is -0.455 e. The van der Waals surface area contributed by atoms with Gasteiger partial charge in [0.05, 0.1) is 5.69 Å². The van der Waals surface area contributed by atoms with E-state index in [2.05, 4.69) is 20.9 Å². The zero-order chi connectivity index (χ0) is 17.5. The van der Waals surface area contributed by atoms with E-state index in [1.807, 2.05) is 18.2 Å². The lowest BCUT2D eigenvalue weighted by Crippen LogP contribution is -2.37. The normalized spacial score (nSPS) is 9.92. The van der Waals surface area contributed by atoms with Gasteiger partial charge in [-0.1, -0.05) is 30.3 Å². The van der Waals surface area contributed by atoms with Crippen LogP contribution in [0.15, 0.2) is 66.2 Å². The fourth-order valence-electron chi connectivity index (χ4n) is 1.94. The summed E-state index contributed by atoms with van der Waals surface area (Å²) in [5.74, 6) is 1.10. The number of hydrogen-bond acceptors (Lipinski definition) is 5. The molecule has 126 valence electrons. The van der Waals surface area contributed by atoms with E-state index >= 15 is 0 Å². The van der Waals surface area contributed by atoms with Crippen LogP contribution in [-0.4, -0.2) is 17.0 Å². The summed E-state index contributed by atoms with van der Waals surface area (Å²) in [5, 5.41) is 9.33. The fourth-order valence-corrected chi connectivity index (χ4v) is 2.47. The average molecular weight is 354 g/mol. The van der Waals surface area contributed by atoms with E-state index in [0.717, 1.165) is 0 Å². The number of rotatable bonds is 4. The number of aromatic nitrogens is 1. The van der Waals surface area contributed by atoms with Crippen molar-refractivity contribution >= 4 is 34.2 Å². The number of amides is 4. The first kappa shape index (κ1) is 16.5. The summed E-state index contributed by atoms with van der Waals surface area (Å²) in [6.07, 6.45) is 1.55. The number of imide groups is 1. The first-order chi connectivity index (χ1) is 12.2. The summed E-state index contributed by atoms with van der Waals surface area (Å²) in [5.41, 5.74) is 0.436. The number of benzene rings is 2. The van der Waals surface area contributed by atoms with Gasteiger partial charge in [0.2, 0.25) is 0 Å². The van der Waals surface area contributed by atoms with Gasteiger partial charge in [-0.2, -0.15) is 0 Å². The van der Waals surface area contributed by atoms with E-state index in [1.54, 1.807) is 48.0 Å². The lowest BCUT2D eigenvalue weighted by atomic mass is 10.3. The minimum absolute atomic E-state index is 0.401. The number of carbonyl (C=O) groups is 2. The van der Waals surface area contributed by atoms with E-state index in [4.69, 9.17) is 4.74 Å². The number of nitrogens with zero attached hydrogens (tertiary/aromatic N) is 1. The highest BCUT2D eigenvalue weighted by Gasteiger charge is 2.12. The topological polar surface area (TPSA) is 92.4 Å². The zero-order valence-electron chi connectivity index (χ0n) is 12.9. The maximum absolute atomic E-state index is 12.0. The van der Waals surface area contributed by atoms with Gasteiger partial charge >= 0.3 is 12.1 Å². The second kappa shape index (κ2) is 7.93. The zero-order valence-corrected chi connectivity index (χ0v) is 13.7. The van der Waals surface area contributed by atoms with Crippen molar-refractivity contribution in [1.29, 1.82) is 0 Å². The predicted molar refractivity (Wildman–Crippen MR) is 96.2 cm³/mol. The van der Waals surface area contributed by atoms with Gasteiger partial charge in [0.25, 0.3) is 0 Å². The number of ether oxygens (including phenoxy) is 1. The van der Waals surface area contributed by atoms with Crippen LogP contribution in [-0.2, 0) is 0 Å². The van der Waals surface area contributed by atoms with Crippen molar-refractivity contribution in [1.82, 2.24) is 10.3 Å². The van der Waals surface area contributed by atoms with E-state index < -0.39 is 12.1 Å². The van der Waals surface area contributed by atoms with Gasteiger partial charge in [-0.15, -0.1) is 11.3 Å². The molecule has 7 nitrogen and oxygen atoms in total. The Kier molecular flexibility index (Phi) is 5.22. The lowest BCUT2D eigenvalue weighted by Gasteiger charge is -2.12. The maximum atomic E-state index is 12.0. The molecular formula is C17H14N4O3S. The summed E-state index contributed by atoms with van der Waals surface area (Å²) in [7, 11) is 0. The lowest BCUT2D eigenvalue weighted by molar-refractivity contribution is 0.240. The molecule has 4 amide bonds. The van der Waals surface area contributed by atoms with Gasteiger partial charge in [-0.3, -0.25) is 10.6 Å². The number of para-hydroxylation sites is 3. The van der Waals surface area contributed by atoms with Crippen molar-refractivity contribution in [3.63, 3.8) is 0 Å². The Hall–Kier alpha value is -3.39. The van der Waals surface area contributed by atoms with Crippen LogP contribution in [0.4, 0.5) is 20.4 Å². The Morgan fingerprint density at radius 2 is 1.64 bits per heavy atom. The van der Waals surface area contributed by atoms with Gasteiger partial charge in [-0.25, -0.2) is 14.6 Å². The number of urea groups is 2. The Morgan fingerprint density at radius 1 is 0.920 bits per heavy atom. The van der Waals surface area contributed by atoms with Gasteiger partial charge in [-0.05, 0) is 24.3 Å². The standard InChI is InChI=1S/C17H14N4O3S/c22-15(20-16(23)21-17-18-10-11-25-17)19-13-8-4-5-9-14(13)24-12-6-2-1-3-7-12/h1-11H,(H3,18,19,20,21,22,23). The minimum atomic E-state index is -0.682. The highest BCUT2D eigenvalue weighted by atomic mass is 32.1. The molecule has 8 heteroatoms. The van der Waals surface area contributed by atoms with Gasteiger partial charge in [0.1, 0.15) is 5.75 Å². The quantitative estimate of drug-likeness (QED) is 0.652. The Balaban J connectivity index is 1.62. The van der Waals surface area contributed by atoms with E-state index in [9.17, 15) is 9.59 Å². The highest BCUT2D eigenvalue weighted by Crippen LogP contribution is 2.28. The SMILES string of the molecule is O=C(NC(=O)Nc1ccccc1Oc1ccccc1)Nc1nccs1. The van der Waals surface area contributed by atoms with Crippen molar-refractivity contribution in [3.05, 3.63) is 66.2 Å². The molecule has 3 aromatic rings. The second-order valence-corrected chi connectivity index (χ2v) is 5.68. The first-order valence-electron chi connectivity index (χ1n) is 7.31. The molecule has 2 aromatic carbocycles. The van der Waals surface area contributed by atoms with Gasteiger partial charge in [0, 0.05) is 11.6 Å². The number of nitrogens with one attached hydrogen (secondary N) is 3. The van der Waals surface area contributed by atoms with Crippen molar-refractivity contribution in [2.24, 2.45) is 0 Å². The monoisotopic (exact) mass is 354 g/mol. The van der Waals surface area contributed by atoms with Crippen LogP contribution in [0.1, 0.15) is 0 Å². The molecule has 0 saturated heterocycles. The summed E-state index contributed by atoms with van der Waals surface area (Å²) in [4.78, 5) is 27.6. The summed E-state index contributed by atoms with van der Waals surface area (Å²) >= 11 is 1.25. The van der Waals surface area contributed by atoms with E-state index in [0.29, 0.717) is 22.3 Å². The van der Waals surface area contributed by atoms with Crippen LogP contribution >= 0.6 is 11.3 Å². The van der Waals surface area contributed by atoms with E-state index in [-0.39, 0.29) is 0 Å². The molecule has 0 atom stereocenters. The molecule has 0 fully saturated rings. The van der Waals surface area contributed by atoms with Crippen LogP contribution < -0.4 is 20.7 Å². The number of anilines is 2. The summed E-state index contributed by atoms with van der Waals surface area (Å²) < 4.78 is 5.75. The molecular weight excluding hydrogens is 340 g/mol. The molecule has 3 rings (SSSR count). The first-order valence-corrected chi connectivity index (χ1v) is 8.19. The largest absolute Gasteiger partial charge is 0.455 e. The third-order valence-corrected chi connectivity index (χ3v) is 3.67. The molecule has 0 radical (unpaired) electrons. The average Bonchev–Trinajstić information content (AvgIpc) is 3.10. The van der Waals surface area contributed by atoms with Crippen LogP contribution in [0, 0.1) is 0 Å². The third-order valence-electron chi connectivity index (χ3n) is 2.99. The molecule has 25 heavy (non-hydrogen) atoms. The smallest absolute Gasteiger partial charge is 0.329 e. The van der Waals surface area contributed by atoms with E-state index in [1.165, 1.54) is 11.3 Å². The van der Waals surface area contributed by atoms with Crippen LogP contribution in [0.2, 0.25) is 0 Å². The molecule has 0 unspecified atom stereocenters. The van der Waals surface area contributed by atoms with Crippen LogP contribution in [0.3, 0.4) is 0 Å². The summed E-state index contributed by atoms with van der Waals surface area (Å²) in [6, 6.07) is 14.8. The second-order valence-electron chi connectivity index (χ2n) is 4.78. The molecule has 0 aliphatic carbocycles. The van der Waals surface area contributed by atoms with Crippen molar-refractivity contribution in [2.45, 2.75) is 0 Å². The molecule has 0 aliphatic rings.